The van der Waals surface area contributed by atoms with Gasteiger partial charge >= 0.3 is 0 Å². The summed E-state index contributed by atoms with van der Waals surface area (Å²) in [5, 5.41) is 9.42. The van der Waals surface area contributed by atoms with Gasteiger partial charge < -0.3 is 20.9 Å². The van der Waals surface area contributed by atoms with E-state index in [9.17, 15) is 9.18 Å². The molecule has 1 aliphatic rings. The summed E-state index contributed by atoms with van der Waals surface area (Å²) in [5.41, 5.74) is 0.913. The van der Waals surface area contributed by atoms with Crippen molar-refractivity contribution in [3.05, 3.63) is 60.3 Å². The minimum Gasteiger partial charge on any atom is -0.354 e. The SMILES string of the molecule is CC(=O)N[C@@H]1CCN(c2cc(Nc3cnccn3)nc(N[C@@H](C)c3ccc(F)cc3)n2)C1.Cl. The van der Waals surface area contributed by atoms with Gasteiger partial charge in [0.15, 0.2) is 0 Å². The van der Waals surface area contributed by atoms with Gasteiger partial charge in [-0.15, -0.1) is 12.4 Å². The number of amides is 1. The number of carbonyl (C=O) groups excluding carboxylic acids is 1. The van der Waals surface area contributed by atoms with E-state index in [0.29, 0.717) is 24.1 Å². The van der Waals surface area contributed by atoms with Crippen LogP contribution in [-0.2, 0) is 4.79 Å². The number of aromatic nitrogens is 4. The van der Waals surface area contributed by atoms with Crippen LogP contribution in [0.1, 0.15) is 31.9 Å². The first-order valence-corrected chi connectivity index (χ1v) is 10.4. The molecule has 0 radical (unpaired) electrons. The lowest BCUT2D eigenvalue weighted by Gasteiger charge is -2.21. The van der Waals surface area contributed by atoms with E-state index in [1.54, 1.807) is 30.7 Å². The molecule has 0 saturated carbocycles. The molecule has 3 N–H and O–H groups in total. The predicted molar refractivity (Wildman–Crippen MR) is 127 cm³/mol. The Labute approximate surface area is 197 Å². The first-order valence-electron chi connectivity index (χ1n) is 10.4. The standard InChI is InChI=1S/C22H25FN8O.ClH/c1-14(16-3-5-17(23)6-4-16)26-22-29-19(28-20-12-24-8-9-25-20)11-21(30-22)31-10-7-18(13-31)27-15(2)32;/h3-6,8-9,11-12,14,18H,7,10,13H2,1-2H3,(H,27,32)(H2,25,26,28,29,30);1H/t14-,18+;/m0./s1. The number of halogens is 2. The molecular weight excluding hydrogens is 447 g/mol. The molecule has 1 aliphatic heterocycles. The number of carbonyl (C=O) groups is 1. The monoisotopic (exact) mass is 472 g/mol. The average Bonchev–Trinajstić information content (AvgIpc) is 3.22. The molecule has 0 bridgehead atoms. The Morgan fingerprint density at radius 3 is 2.67 bits per heavy atom. The molecule has 2 atom stereocenters. The Hall–Kier alpha value is -3.53. The lowest BCUT2D eigenvalue weighted by molar-refractivity contribution is -0.119. The lowest BCUT2D eigenvalue weighted by Crippen LogP contribution is -2.35. The zero-order chi connectivity index (χ0) is 22.5. The molecule has 3 heterocycles. The third-order valence-corrected chi connectivity index (χ3v) is 5.17. The lowest BCUT2D eigenvalue weighted by atomic mass is 10.1. The fraction of sp³-hybridized carbons (Fsp3) is 0.318. The Morgan fingerprint density at radius 1 is 1.18 bits per heavy atom. The van der Waals surface area contributed by atoms with Crippen molar-refractivity contribution in [1.29, 1.82) is 0 Å². The highest BCUT2D eigenvalue weighted by molar-refractivity contribution is 5.85. The maximum atomic E-state index is 13.3. The van der Waals surface area contributed by atoms with E-state index in [-0.39, 0.29) is 36.2 Å². The molecule has 0 aliphatic carbocycles. The molecule has 11 heteroatoms. The van der Waals surface area contributed by atoms with Crippen molar-refractivity contribution < 1.29 is 9.18 Å². The second-order valence-corrected chi connectivity index (χ2v) is 7.70. The molecule has 1 saturated heterocycles. The van der Waals surface area contributed by atoms with E-state index in [0.717, 1.165) is 24.3 Å². The quantitative estimate of drug-likeness (QED) is 0.480. The van der Waals surface area contributed by atoms with Gasteiger partial charge in [0.2, 0.25) is 11.9 Å². The highest BCUT2D eigenvalue weighted by Gasteiger charge is 2.25. The van der Waals surface area contributed by atoms with Crippen molar-refractivity contribution in [2.75, 3.05) is 28.6 Å². The first kappa shape index (κ1) is 24.1. The maximum absolute atomic E-state index is 13.3. The van der Waals surface area contributed by atoms with Crippen LogP contribution in [0.25, 0.3) is 0 Å². The van der Waals surface area contributed by atoms with E-state index in [1.807, 2.05) is 13.0 Å². The molecule has 4 rings (SSSR count). The van der Waals surface area contributed by atoms with Crippen molar-refractivity contribution >= 4 is 41.7 Å². The number of nitrogens with one attached hydrogen (secondary N) is 3. The first-order chi connectivity index (χ1) is 15.5. The molecule has 1 aromatic carbocycles. The Kier molecular flexibility index (Phi) is 7.94. The van der Waals surface area contributed by atoms with Gasteiger partial charge in [0.1, 0.15) is 23.3 Å². The van der Waals surface area contributed by atoms with Crippen molar-refractivity contribution in [2.45, 2.75) is 32.4 Å². The van der Waals surface area contributed by atoms with Gasteiger partial charge in [-0.25, -0.2) is 9.37 Å². The second-order valence-electron chi connectivity index (χ2n) is 7.70. The summed E-state index contributed by atoms with van der Waals surface area (Å²) in [6.45, 7) is 4.91. The van der Waals surface area contributed by atoms with Gasteiger partial charge in [0.05, 0.1) is 12.2 Å². The van der Waals surface area contributed by atoms with Crippen LogP contribution < -0.4 is 20.9 Å². The predicted octanol–water partition coefficient (Wildman–Crippen LogP) is 3.46. The van der Waals surface area contributed by atoms with Crippen LogP contribution in [-0.4, -0.2) is 45.0 Å². The highest BCUT2D eigenvalue weighted by atomic mass is 35.5. The molecule has 0 spiro atoms. The minimum atomic E-state index is -0.280. The zero-order valence-electron chi connectivity index (χ0n) is 18.3. The highest BCUT2D eigenvalue weighted by Crippen LogP contribution is 2.26. The summed E-state index contributed by atoms with van der Waals surface area (Å²) < 4.78 is 13.3. The molecule has 174 valence electrons. The van der Waals surface area contributed by atoms with E-state index in [2.05, 4.69) is 35.8 Å². The van der Waals surface area contributed by atoms with Gasteiger partial charge in [-0.1, -0.05) is 12.1 Å². The molecule has 3 aromatic rings. The topological polar surface area (TPSA) is 108 Å². The Balaban J connectivity index is 0.00000306. The normalized spacial score (nSPS) is 16.0. The van der Waals surface area contributed by atoms with Crippen LogP contribution in [0, 0.1) is 5.82 Å². The molecule has 1 amide bonds. The fourth-order valence-electron chi connectivity index (χ4n) is 3.62. The number of anilines is 4. The molecule has 1 fully saturated rings. The van der Waals surface area contributed by atoms with Gasteiger partial charge in [0.25, 0.3) is 0 Å². The van der Waals surface area contributed by atoms with Crippen LogP contribution in [0.5, 0.6) is 0 Å². The van der Waals surface area contributed by atoms with Crippen LogP contribution in [0.3, 0.4) is 0 Å². The van der Waals surface area contributed by atoms with Crippen molar-refractivity contribution in [2.24, 2.45) is 0 Å². The zero-order valence-corrected chi connectivity index (χ0v) is 19.1. The van der Waals surface area contributed by atoms with Crippen LogP contribution in [0.4, 0.5) is 27.8 Å². The third kappa shape index (κ3) is 6.48. The van der Waals surface area contributed by atoms with E-state index < -0.39 is 0 Å². The van der Waals surface area contributed by atoms with Crippen LogP contribution in [0.2, 0.25) is 0 Å². The average molecular weight is 473 g/mol. The summed E-state index contributed by atoms with van der Waals surface area (Å²) >= 11 is 0. The van der Waals surface area contributed by atoms with Crippen molar-refractivity contribution in [3.63, 3.8) is 0 Å². The van der Waals surface area contributed by atoms with Crippen molar-refractivity contribution in [1.82, 2.24) is 25.3 Å². The maximum Gasteiger partial charge on any atom is 0.227 e. The van der Waals surface area contributed by atoms with E-state index in [4.69, 9.17) is 4.98 Å². The van der Waals surface area contributed by atoms with Gasteiger partial charge in [-0.2, -0.15) is 9.97 Å². The molecule has 2 aromatic heterocycles. The van der Waals surface area contributed by atoms with Gasteiger partial charge in [-0.3, -0.25) is 9.78 Å². The summed E-state index contributed by atoms with van der Waals surface area (Å²) in [5.74, 6) is 1.96. The van der Waals surface area contributed by atoms with Crippen LogP contribution in [0.15, 0.2) is 48.9 Å². The number of rotatable bonds is 7. The number of hydrogen-bond acceptors (Lipinski definition) is 8. The largest absolute Gasteiger partial charge is 0.354 e. The number of benzene rings is 1. The molecule has 9 nitrogen and oxygen atoms in total. The molecule has 0 unspecified atom stereocenters. The number of nitrogens with zero attached hydrogens (tertiary/aromatic N) is 5. The summed E-state index contributed by atoms with van der Waals surface area (Å²) in [4.78, 5) is 31.1. The third-order valence-electron chi connectivity index (χ3n) is 5.17. The smallest absolute Gasteiger partial charge is 0.227 e. The van der Waals surface area contributed by atoms with Crippen LogP contribution >= 0.6 is 12.4 Å². The summed E-state index contributed by atoms with van der Waals surface area (Å²) in [6.07, 6.45) is 5.64. The van der Waals surface area contributed by atoms with Crippen molar-refractivity contribution in [3.8, 4) is 0 Å². The summed E-state index contributed by atoms with van der Waals surface area (Å²) in [6, 6.07) is 8.10. The second kappa shape index (κ2) is 10.9. The van der Waals surface area contributed by atoms with Gasteiger partial charge in [0, 0.05) is 44.5 Å². The summed E-state index contributed by atoms with van der Waals surface area (Å²) in [7, 11) is 0. The molecular formula is C22H26ClFN8O. The van der Waals surface area contributed by atoms with E-state index >= 15 is 0 Å². The molecule has 33 heavy (non-hydrogen) atoms. The fourth-order valence-corrected chi connectivity index (χ4v) is 3.62. The Morgan fingerprint density at radius 2 is 1.97 bits per heavy atom. The van der Waals surface area contributed by atoms with E-state index in [1.165, 1.54) is 19.1 Å². The van der Waals surface area contributed by atoms with Gasteiger partial charge in [-0.05, 0) is 31.0 Å². The Bertz CT molecular complexity index is 1070. The minimum absolute atomic E-state index is 0. The number of hydrogen-bond donors (Lipinski definition) is 3.